The molecule has 7 aromatic carbocycles. The van der Waals surface area contributed by atoms with Gasteiger partial charge >= 0.3 is 0 Å². The Labute approximate surface area is 289 Å². The first-order chi connectivity index (χ1) is 24.8. The molecule has 2 aromatic heterocycles. The van der Waals surface area contributed by atoms with E-state index in [9.17, 15) is 0 Å². The van der Waals surface area contributed by atoms with Gasteiger partial charge in [0.05, 0.1) is 0 Å². The quantitative estimate of drug-likeness (QED) is 0.173. The molecule has 0 aliphatic carbocycles. The molecule has 5 heteroatoms. The van der Waals surface area contributed by atoms with Crippen LogP contribution in [0.1, 0.15) is 0 Å². The van der Waals surface area contributed by atoms with Gasteiger partial charge in [0.2, 0.25) is 0 Å². The highest BCUT2D eigenvalue weighted by Gasteiger charge is 2.16. The molecule has 0 atom stereocenters. The first kappa shape index (κ1) is 29.3. The molecule has 0 aliphatic heterocycles. The number of aromatic nitrogens is 3. The van der Waals surface area contributed by atoms with E-state index >= 15 is 0 Å². The van der Waals surface area contributed by atoms with Crippen LogP contribution >= 0.6 is 0 Å². The summed E-state index contributed by atoms with van der Waals surface area (Å²) in [4.78, 5) is 16.9. The molecule has 0 bridgehead atoms. The van der Waals surface area contributed by atoms with Crippen molar-refractivity contribution in [1.82, 2.24) is 15.0 Å². The molecule has 9 aromatic rings. The maximum atomic E-state index is 6.54. The molecule has 0 unspecified atom stereocenters. The van der Waals surface area contributed by atoms with Crippen molar-refractivity contribution in [3.8, 4) is 45.3 Å². The monoisotopic (exact) mass is 642 g/mol. The van der Waals surface area contributed by atoms with Crippen molar-refractivity contribution in [3.05, 3.63) is 182 Å². The highest BCUT2D eigenvalue weighted by Crippen LogP contribution is 2.38. The Morgan fingerprint density at radius 1 is 0.320 bits per heavy atom. The molecule has 0 amide bonds. The van der Waals surface area contributed by atoms with E-state index in [2.05, 4.69) is 108 Å². The number of furan rings is 1. The summed E-state index contributed by atoms with van der Waals surface area (Å²) in [6.45, 7) is 0. The highest BCUT2D eigenvalue weighted by atomic mass is 16.3. The molecule has 2 heterocycles. The summed E-state index contributed by atoms with van der Waals surface area (Å²) in [5.74, 6) is 1.85. The van der Waals surface area contributed by atoms with Crippen LogP contribution in [-0.4, -0.2) is 15.0 Å². The number of hydrogen-bond acceptors (Lipinski definition) is 5. The van der Waals surface area contributed by atoms with Gasteiger partial charge in [-0.05, 0) is 71.8 Å². The van der Waals surface area contributed by atoms with Crippen molar-refractivity contribution in [2.24, 2.45) is 0 Å². The summed E-state index contributed by atoms with van der Waals surface area (Å²) >= 11 is 0. The Morgan fingerprint density at radius 3 is 1.26 bits per heavy atom. The highest BCUT2D eigenvalue weighted by molar-refractivity contribution is 6.07. The van der Waals surface area contributed by atoms with Gasteiger partial charge in [0.25, 0.3) is 0 Å². The van der Waals surface area contributed by atoms with Gasteiger partial charge in [-0.25, -0.2) is 15.0 Å². The van der Waals surface area contributed by atoms with E-state index in [1.54, 1.807) is 0 Å². The SMILES string of the molecule is c1ccc(-c2nc(-c3ccccc3)nc(-c3ccc4c(c3)oc3cc(-c5cccc(N(c6ccccc6)c6ccccc6)c5)ccc34)n2)cc1. The van der Waals surface area contributed by atoms with Crippen LogP contribution in [0.4, 0.5) is 17.1 Å². The van der Waals surface area contributed by atoms with E-state index in [1.807, 2.05) is 78.9 Å². The Bertz CT molecular complexity index is 2490. The fourth-order valence-corrected chi connectivity index (χ4v) is 6.46. The van der Waals surface area contributed by atoms with Crippen LogP contribution in [0.2, 0.25) is 0 Å². The molecule has 0 saturated carbocycles. The Kier molecular flexibility index (Phi) is 7.41. The van der Waals surface area contributed by atoms with Crippen LogP contribution in [0.3, 0.4) is 0 Å². The smallest absolute Gasteiger partial charge is 0.164 e. The summed E-state index contributed by atoms with van der Waals surface area (Å²) in [6.07, 6.45) is 0. The largest absolute Gasteiger partial charge is 0.456 e. The van der Waals surface area contributed by atoms with Crippen molar-refractivity contribution in [2.75, 3.05) is 4.90 Å². The standard InChI is InChI=1S/C45H30N4O/c1-5-14-31(15-6-1)43-46-44(32-16-7-2-8-17-32)48-45(47-43)35-25-27-40-39-26-24-34(29-41(39)50-42(40)30-35)33-18-13-23-38(28-33)49(36-19-9-3-10-20-36)37-21-11-4-12-22-37/h1-30H. The molecule has 9 rings (SSSR count). The minimum Gasteiger partial charge on any atom is -0.456 e. The second-order valence-electron chi connectivity index (χ2n) is 12.1. The summed E-state index contributed by atoms with van der Waals surface area (Å²) in [6, 6.07) is 62.2. The average Bonchev–Trinajstić information content (AvgIpc) is 3.57. The summed E-state index contributed by atoms with van der Waals surface area (Å²) in [7, 11) is 0. The topological polar surface area (TPSA) is 55.1 Å². The van der Waals surface area contributed by atoms with E-state index in [0.29, 0.717) is 17.5 Å². The first-order valence-electron chi connectivity index (χ1n) is 16.6. The molecule has 0 spiro atoms. The molecule has 0 fully saturated rings. The third-order valence-corrected chi connectivity index (χ3v) is 8.90. The van der Waals surface area contributed by atoms with Crippen LogP contribution in [0.25, 0.3) is 67.2 Å². The van der Waals surface area contributed by atoms with Gasteiger partial charge < -0.3 is 9.32 Å². The minimum atomic E-state index is 0.596. The summed E-state index contributed by atoms with van der Waals surface area (Å²) in [5.41, 5.74) is 9.81. The third kappa shape index (κ3) is 5.57. The zero-order valence-electron chi connectivity index (χ0n) is 27.0. The van der Waals surface area contributed by atoms with Gasteiger partial charge in [-0.2, -0.15) is 0 Å². The lowest BCUT2D eigenvalue weighted by molar-refractivity contribution is 0.669. The number of para-hydroxylation sites is 2. The Balaban J connectivity index is 1.11. The zero-order chi connectivity index (χ0) is 33.3. The van der Waals surface area contributed by atoms with Gasteiger partial charge in [-0.15, -0.1) is 0 Å². The van der Waals surface area contributed by atoms with Gasteiger partial charge in [0, 0.05) is 44.5 Å². The van der Waals surface area contributed by atoms with Gasteiger partial charge in [0.1, 0.15) is 11.2 Å². The van der Waals surface area contributed by atoms with Gasteiger partial charge in [-0.1, -0.05) is 121 Å². The minimum absolute atomic E-state index is 0.596. The maximum Gasteiger partial charge on any atom is 0.164 e. The number of benzene rings is 7. The van der Waals surface area contributed by atoms with E-state index in [1.165, 1.54) is 0 Å². The van der Waals surface area contributed by atoms with Crippen LogP contribution in [0, 0.1) is 0 Å². The lowest BCUT2D eigenvalue weighted by atomic mass is 10.0. The van der Waals surface area contributed by atoms with Gasteiger partial charge in [-0.3, -0.25) is 0 Å². The Hall–Kier alpha value is -6.85. The van der Waals surface area contributed by atoms with Crippen molar-refractivity contribution in [3.63, 3.8) is 0 Å². The number of fused-ring (bicyclic) bond motifs is 3. The average molecular weight is 643 g/mol. The second-order valence-corrected chi connectivity index (χ2v) is 12.1. The van der Waals surface area contributed by atoms with Crippen LogP contribution in [-0.2, 0) is 0 Å². The van der Waals surface area contributed by atoms with Crippen molar-refractivity contribution >= 4 is 39.0 Å². The fourth-order valence-electron chi connectivity index (χ4n) is 6.46. The van der Waals surface area contributed by atoms with Crippen LogP contribution in [0.15, 0.2) is 186 Å². The van der Waals surface area contributed by atoms with Crippen molar-refractivity contribution < 1.29 is 4.42 Å². The molecule has 50 heavy (non-hydrogen) atoms. The molecule has 0 saturated heterocycles. The summed E-state index contributed by atoms with van der Waals surface area (Å²) in [5, 5.41) is 2.11. The fraction of sp³-hybridized carbons (Fsp3) is 0. The number of rotatable bonds is 7. The summed E-state index contributed by atoms with van der Waals surface area (Å²) < 4.78 is 6.54. The molecular formula is C45H30N4O. The lowest BCUT2D eigenvalue weighted by Gasteiger charge is -2.25. The molecule has 0 radical (unpaired) electrons. The van der Waals surface area contributed by atoms with E-state index in [0.717, 1.165) is 66.8 Å². The predicted molar refractivity (Wildman–Crippen MR) is 204 cm³/mol. The third-order valence-electron chi connectivity index (χ3n) is 8.90. The number of hydrogen-bond donors (Lipinski definition) is 0. The van der Waals surface area contributed by atoms with Gasteiger partial charge in [0.15, 0.2) is 17.5 Å². The number of nitrogens with zero attached hydrogens (tertiary/aromatic N) is 4. The van der Waals surface area contributed by atoms with Crippen molar-refractivity contribution in [2.45, 2.75) is 0 Å². The molecular weight excluding hydrogens is 613 g/mol. The van der Waals surface area contributed by atoms with E-state index < -0.39 is 0 Å². The molecule has 5 nitrogen and oxygen atoms in total. The molecule has 0 N–H and O–H groups in total. The molecule has 236 valence electrons. The van der Waals surface area contributed by atoms with Crippen molar-refractivity contribution in [1.29, 1.82) is 0 Å². The number of anilines is 3. The van der Waals surface area contributed by atoms with E-state index in [-0.39, 0.29) is 0 Å². The molecule has 0 aliphatic rings. The maximum absolute atomic E-state index is 6.54. The van der Waals surface area contributed by atoms with E-state index in [4.69, 9.17) is 19.4 Å². The van der Waals surface area contributed by atoms with Crippen LogP contribution in [0.5, 0.6) is 0 Å². The normalized spacial score (nSPS) is 11.2. The van der Waals surface area contributed by atoms with Crippen LogP contribution < -0.4 is 4.90 Å². The predicted octanol–water partition coefficient (Wildman–Crippen LogP) is 11.9. The zero-order valence-corrected chi connectivity index (χ0v) is 27.0. The second kappa shape index (κ2) is 12.6. The first-order valence-corrected chi connectivity index (χ1v) is 16.6. The Morgan fingerprint density at radius 2 is 0.720 bits per heavy atom. The lowest BCUT2D eigenvalue weighted by Crippen LogP contribution is -2.09.